The smallest absolute Gasteiger partial charge is 0.162 e. The molecule has 0 spiro atoms. The van der Waals surface area contributed by atoms with Gasteiger partial charge >= 0.3 is 0 Å². The third-order valence-electron chi connectivity index (χ3n) is 5.44. The highest BCUT2D eigenvalue weighted by atomic mass is 35.5. The molecular weight excluding hydrogens is 462 g/mol. The van der Waals surface area contributed by atoms with Crippen molar-refractivity contribution in [1.82, 2.24) is 9.97 Å². The predicted molar refractivity (Wildman–Crippen MR) is 133 cm³/mol. The maximum atomic E-state index is 6.01. The van der Waals surface area contributed by atoms with Crippen molar-refractivity contribution < 1.29 is 9.47 Å². The van der Waals surface area contributed by atoms with Gasteiger partial charge in [-0.25, -0.2) is 9.97 Å². The fourth-order valence-electron chi connectivity index (χ4n) is 3.92. The molecule has 0 fully saturated rings. The van der Waals surface area contributed by atoms with E-state index in [9.17, 15) is 0 Å². The molecule has 5 nitrogen and oxygen atoms in total. The summed E-state index contributed by atoms with van der Waals surface area (Å²) >= 11 is 9.52. The Kier molecular flexibility index (Phi) is 6.13. The molecule has 2 heterocycles. The Labute approximate surface area is 200 Å². The number of aromatic nitrogens is 2. The molecule has 0 atom stereocenters. The first-order valence-corrected chi connectivity index (χ1v) is 12.5. The molecule has 1 N–H and O–H groups in total. The van der Waals surface area contributed by atoms with Crippen LogP contribution in [0.3, 0.4) is 0 Å². The Balaban J connectivity index is 1.50. The van der Waals surface area contributed by atoms with Gasteiger partial charge in [0.25, 0.3) is 0 Å². The molecule has 0 amide bonds. The van der Waals surface area contributed by atoms with Crippen molar-refractivity contribution in [2.75, 3.05) is 19.5 Å². The van der Waals surface area contributed by atoms with Gasteiger partial charge in [0.15, 0.2) is 11.5 Å². The van der Waals surface area contributed by atoms with Crippen LogP contribution in [0.5, 0.6) is 11.5 Å². The number of thioether (sulfide) groups is 1. The summed E-state index contributed by atoms with van der Waals surface area (Å²) in [5.41, 5.74) is 2.29. The molecule has 2 aromatic heterocycles. The Morgan fingerprint density at radius 3 is 2.62 bits per heavy atom. The van der Waals surface area contributed by atoms with Gasteiger partial charge in [-0.2, -0.15) is 0 Å². The number of halogens is 1. The number of anilines is 2. The van der Waals surface area contributed by atoms with E-state index in [0.29, 0.717) is 17.3 Å². The SMILES string of the molecule is COc1ccc(Nc2nc(CSc3ccc(Cl)cc3)nc3sc4c(c23)CCC4)cc1OC. The van der Waals surface area contributed by atoms with Gasteiger partial charge in [-0.15, -0.1) is 23.1 Å². The van der Waals surface area contributed by atoms with Crippen LogP contribution in [-0.4, -0.2) is 24.2 Å². The summed E-state index contributed by atoms with van der Waals surface area (Å²) in [5, 5.41) is 5.42. The molecule has 164 valence electrons. The normalized spacial score (nSPS) is 12.7. The molecule has 2 aromatic carbocycles. The third kappa shape index (κ3) is 4.25. The van der Waals surface area contributed by atoms with Crippen LogP contribution in [0.1, 0.15) is 22.7 Å². The number of hydrogen-bond acceptors (Lipinski definition) is 7. The average Bonchev–Trinajstić information content (AvgIpc) is 3.39. The van der Waals surface area contributed by atoms with E-state index < -0.39 is 0 Å². The minimum Gasteiger partial charge on any atom is -0.493 e. The molecule has 1 aliphatic carbocycles. The van der Waals surface area contributed by atoms with Gasteiger partial charge in [0.05, 0.1) is 25.4 Å². The predicted octanol–water partition coefficient (Wildman–Crippen LogP) is 6.89. The first kappa shape index (κ1) is 21.4. The van der Waals surface area contributed by atoms with Crippen LogP contribution in [0, 0.1) is 0 Å². The summed E-state index contributed by atoms with van der Waals surface area (Å²) in [6, 6.07) is 13.7. The first-order chi connectivity index (χ1) is 15.6. The molecule has 0 radical (unpaired) electrons. The number of methoxy groups -OCH3 is 2. The minimum atomic E-state index is 0.678. The van der Waals surface area contributed by atoms with E-state index in [1.165, 1.54) is 16.9 Å². The van der Waals surface area contributed by atoms with Gasteiger partial charge in [0.1, 0.15) is 16.5 Å². The van der Waals surface area contributed by atoms with Crippen LogP contribution in [0.2, 0.25) is 5.02 Å². The van der Waals surface area contributed by atoms with Crippen molar-refractivity contribution in [3.8, 4) is 11.5 Å². The highest BCUT2D eigenvalue weighted by Gasteiger charge is 2.23. The minimum absolute atomic E-state index is 0.678. The second kappa shape index (κ2) is 9.17. The average molecular weight is 484 g/mol. The number of aryl methyl sites for hydroxylation is 2. The van der Waals surface area contributed by atoms with Crippen LogP contribution < -0.4 is 14.8 Å². The van der Waals surface area contributed by atoms with Crippen LogP contribution in [0.25, 0.3) is 10.2 Å². The zero-order valence-electron chi connectivity index (χ0n) is 17.8. The van der Waals surface area contributed by atoms with E-state index in [0.717, 1.165) is 50.3 Å². The lowest BCUT2D eigenvalue weighted by atomic mass is 10.2. The molecule has 5 rings (SSSR count). The summed E-state index contributed by atoms with van der Waals surface area (Å²) in [6.45, 7) is 0. The van der Waals surface area contributed by atoms with Gasteiger partial charge in [-0.1, -0.05) is 11.6 Å². The Morgan fingerprint density at radius 1 is 1.03 bits per heavy atom. The van der Waals surface area contributed by atoms with E-state index in [4.69, 9.17) is 31.0 Å². The second-order valence-electron chi connectivity index (χ2n) is 7.46. The second-order valence-corrected chi connectivity index (χ2v) is 10.0. The maximum Gasteiger partial charge on any atom is 0.162 e. The van der Waals surface area contributed by atoms with Gasteiger partial charge in [0.2, 0.25) is 0 Å². The third-order valence-corrected chi connectivity index (χ3v) is 7.88. The fourth-order valence-corrected chi connectivity index (χ4v) is 6.08. The summed E-state index contributed by atoms with van der Waals surface area (Å²) in [4.78, 5) is 13.5. The number of benzene rings is 2. The Hall–Kier alpha value is -2.48. The summed E-state index contributed by atoms with van der Waals surface area (Å²) in [5.74, 6) is 3.72. The van der Waals surface area contributed by atoms with Gasteiger partial charge in [-0.3, -0.25) is 0 Å². The zero-order valence-corrected chi connectivity index (χ0v) is 20.2. The van der Waals surface area contributed by atoms with Crippen LogP contribution in [0.4, 0.5) is 11.5 Å². The summed E-state index contributed by atoms with van der Waals surface area (Å²) in [7, 11) is 3.28. The molecule has 0 unspecified atom stereocenters. The number of nitrogens with one attached hydrogen (secondary N) is 1. The zero-order chi connectivity index (χ0) is 22.1. The largest absolute Gasteiger partial charge is 0.493 e. The van der Waals surface area contributed by atoms with Crippen molar-refractivity contribution >= 4 is 56.4 Å². The van der Waals surface area contributed by atoms with Crippen molar-refractivity contribution in [1.29, 1.82) is 0 Å². The molecule has 1 aliphatic rings. The van der Waals surface area contributed by atoms with E-state index in [1.807, 2.05) is 42.5 Å². The summed E-state index contributed by atoms with van der Waals surface area (Å²) < 4.78 is 10.8. The standard InChI is InChI=1S/C24H22ClN3O2S2/c1-29-18-11-8-15(12-19(18)30-2)26-23-22-17-4-3-5-20(17)32-24(22)28-21(27-23)13-31-16-9-6-14(25)7-10-16/h6-12H,3-5,13H2,1-2H3,(H,26,27,28). The van der Waals surface area contributed by atoms with Gasteiger partial charge in [0, 0.05) is 26.5 Å². The monoisotopic (exact) mass is 483 g/mol. The number of nitrogens with zero attached hydrogens (tertiary/aromatic N) is 2. The number of thiophene rings is 1. The highest BCUT2D eigenvalue weighted by molar-refractivity contribution is 7.98. The molecule has 8 heteroatoms. The van der Waals surface area contributed by atoms with Crippen LogP contribution in [0.15, 0.2) is 47.4 Å². The highest BCUT2D eigenvalue weighted by Crippen LogP contribution is 2.41. The van der Waals surface area contributed by atoms with E-state index in [2.05, 4.69) is 5.32 Å². The molecule has 0 saturated heterocycles. The molecule has 32 heavy (non-hydrogen) atoms. The van der Waals surface area contributed by atoms with Crippen molar-refractivity contribution in [2.24, 2.45) is 0 Å². The number of hydrogen-bond donors (Lipinski definition) is 1. The lowest BCUT2D eigenvalue weighted by Crippen LogP contribution is -2.01. The molecule has 4 aromatic rings. The molecular formula is C24H22ClN3O2S2. The van der Waals surface area contributed by atoms with E-state index >= 15 is 0 Å². The van der Waals surface area contributed by atoms with Gasteiger partial charge < -0.3 is 14.8 Å². The number of rotatable bonds is 7. The van der Waals surface area contributed by atoms with Crippen LogP contribution >= 0.6 is 34.7 Å². The van der Waals surface area contributed by atoms with Crippen molar-refractivity contribution in [3.05, 3.63) is 63.8 Å². The van der Waals surface area contributed by atoms with Crippen LogP contribution in [-0.2, 0) is 18.6 Å². The van der Waals surface area contributed by atoms with Crippen molar-refractivity contribution in [3.63, 3.8) is 0 Å². The fraction of sp³-hybridized carbons (Fsp3) is 0.250. The quantitative estimate of drug-likeness (QED) is 0.289. The number of ether oxygens (including phenoxy) is 2. The summed E-state index contributed by atoms with van der Waals surface area (Å²) in [6.07, 6.45) is 3.40. The lowest BCUT2D eigenvalue weighted by Gasteiger charge is -2.13. The van der Waals surface area contributed by atoms with E-state index in [-0.39, 0.29) is 0 Å². The Bertz CT molecular complexity index is 1270. The molecule has 0 bridgehead atoms. The number of fused-ring (bicyclic) bond motifs is 3. The van der Waals surface area contributed by atoms with E-state index in [1.54, 1.807) is 37.3 Å². The maximum absolute atomic E-state index is 6.01. The molecule has 0 saturated carbocycles. The van der Waals surface area contributed by atoms with Crippen molar-refractivity contribution in [2.45, 2.75) is 29.9 Å². The lowest BCUT2D eigenvalue weighted by molar-refractivity contribution is 0.355. The Morgan fingerprint density at radius 2 is 1.84 bits per heavy atom. The first-order valence-electron chi connectivity index (χ1n) is 10.3. The molecule has 0 aliphatic heterocycles. The van der Waals surface area contributed by atoms with Gasteiger partial charge in [-0.05, 0) is 61.2 Å². The topological polar surface area (TPSA) is 56.3 Å².